The van der Waals surface area contributed by atoms with E-state index in [1.807, 2.05) is 0 Å². The van der Waals surface area contributed by atoms with Gasteiger partial charge in [0.25, 0.3) is 0 Å². The number of unbranched alkanes of at least 4 members (excludes halogenated alkanes) is 8. The molecule has 9 nitrogen and oxygen atoms in total. The summed E-state index contributed by atoms with van der Waals surface area (Å²) in [5, 5.41) is 29.5. The van der Waals surface area contributed by atoms with Crippen molar-refractivity contribution in [3.63, 3.8) is 0 Å². The van der Waals surface area contributed by atoms with Crippen LogP contribution in [-0.2, 0) is 19.2 Å². The third-order valence-corrected chi connectivity index (χ3v) is 2.97. The molecule has 0 rings (SSSR count). The molecule has 32 heavy (non-hydrogen) atoms. The fourth-order valence-corrected chi connectivity index (χ4v) is 1.90. The summed E-state index contributed by atoms with van der Waals surface area (Å²) in [6.45, 7) is 6.30. The number of hydrogen-bond acceptors (Lipinski definition) is 8. The monoisotopic (exact) mass is 488 g/mol. The predicted molar refractivity (Wildman–Crippen MR) is 106 cm³/mol. The zero-order valence-corrected chi connectivity index (χ0v) is 27.4. The molecule has 0 spiro atoms. The Morgan fingerprint density at radius 1 is 0.656 bits per heavy atom. The van der Waals surface area contributed by atoms with Gasteiger partial charge in [0, 0.05) is 37.4 Å². The molecule has 0 aliphatic heterocycles. The first-order chi connectivity index (χ1) is 13.5. The molecule has 0 radical (unpaired) electrons. The van der Waals surface area contributed by atoms with E-state index < -0.39 is 17.9 Å². The molecule has 0 fully saturated rings. The molecule has 0 aliphatic rings. The first kappa shape index (κ1) is 49.9. The molecule has 3 N–H and O–H groups in total. The van der Waals surface area contributed by atoms with Gasteiger partial charge in [0.05, 0.1) is 0 Å². The third-order valence-electron chi connectivity index (χ3n) is 2.97. The molecule has 0 heterocycles. The fourth-order valence-electron chi connectivity index (χ4n) is 1.90. The fraction of sp³-hybridized carbons (Fsp3) is 0.800. The van der Waals surface area contributed by atoms with Crippen molar-refractivity contribution in [3.8, 4) is 0 Å². The van der Waals surface area contributed by atoms with Crippen LogP contribution in [0.5, 0.6) is 0 Å². The van der Waals surface area contributed by atoms with Crippen LogP contribution in [-0.4, -0.2) is 36.9 Å². The smallest absolute Gasteiger partial charge is 0.550 e. The largest absolute Gasteiger partial charge is 1.00 e. The summed E-state index contributed by atoms with van der Waals surface area (Å²) in [4.78, 5) is 37.9. The molecular weight excluding hydrogens is 449 g/mol. The van der Waals surface area contributed by atoms with E-state index in [0.29, 0.717) is 19.5 Å². The Kier molecular flexibility index (Phi) is 70.7. The molecule has 0 aromatic rings. The van der Waals surface area contributed by atoms with Gasteiger partial charge < -0.3 is 40.8 Å². The number of carbonyl (C=O) groups is 4. The van der Waals surface area contributed by atoms with Crippen LogP contribution in [0.3, 0.4) is 0 Å². The van der Waals surface area contributed by atoms with Gasteiger partial charge in [-0.05, 0) is 27.2 Å². The number of carbonyl (C=O) groups excluding carboxylic acids is 4. The second-order valence-corrected chi connectivity index (χ2v) is 6.19. The van der Waals surface area contributed by atoms with Crippen molar-refractivity contribution in [2.75, 3.05) is 13.1 Å². The topological polar surface area (TPSA) is 176 Å². The Balaban J connectivity index is -0.0000000694. The number of nitrogens with one attached hydrogen (secondary N) is 1. The van der Waals surface area contributed by atoms with E-state index in [0.717, 1.165) is 27.2 Å². The quantitative estimate of drug-likeness (QED) is 0.201. The van der Waals surface area contributed by atoms with E-state index in [4.69, 9.17) is 35.4 Å². The predicted octanol–water partition coefficient (Wildman–Crippen LogP) is -9.74. The minimum atomic E-state index is -1.08. The van der Waals surface area contributed by atoms with Crippen molar-refractivity contribution in [2.45, 2.75) is 91.9 Å². The minimum absolute atomic E-state index is 0. The summed E-state index contributed by atoms with van der Waals surface area (Å²) in [6, 6.07) is 0. The maximum absolute atomic E-state index is 11.2. The molecule has 174 valence electrons. The number of carboxylic acids is 3. The third kappa shape index (κ3) is 109. The van der Waals surface area contributed by atoms with E-state index in [2.05, 4.69) is 12.2 Å². The van der Waals surface area contributed by atoms with E-state index in [9.17, 15) is 4.79 Å². The van der Waals surface area contributed by atoms with Gasteiger partial charge in [0.2, 0.25) is 5.91 Å². The van der Waals surface area contributed by atoms with E-state index in [-0.39, 0.29) is 94.6 Å². The molecule has 0 aromatic carbocycles. The van der Waals surface area contributed by atoms with Crippen molar-refractivity contribution in [1.82, 2.24) is 5.32 Å². The summed E-state index contributed by atoms with van der Waals surface area (Å²) < 4.78 is 0. The van der Waals surface area contributed by atoms with Gasteiger partial charge in [0.1, 0.15) is 0 Å². The van der Waals surface area contributed by atoms with Crippen LogP contribution in [0, 0.1) is 0 Å². The van der Waals surface area contributed by atoms with Crippen LogP contribution in [0.15, 0.2) is 0 Å². The number of amides is 1. The first-order valence-corrected chi connectivity index (χ1v) is 10.0. The van der Waals surface area contributed by atoms with Gasteiger partial charge in [-0.1, -0.05) is 58.3 Å². The molecule has 0 aliphatic carbocycles. The van der Waals surface area contributed by atoms with Crippen LogP contribution >= 0.6 is 0 Å². The maximum Gasteiger partial charge on any atom is 1.00 e. The first-order valence-electron chi connectivity index (χ1n) is 10.0. The van der Waals surface area contributed by atoms with Crippen molar-refractivity contribution in [3.05, 3.63) is 0 Å². The molecule has 0 atom stereocenters. The molecule has 0 bridgehead atoms. The summed E-state index contributed by atoms with van der Waals surface area (Å²) >= 11 is 0. The van der Waals surface area contributed by atoms with Gasteiger partial charge in [-0.25, -0.2) is 0 Å². The maximum atomic E-state index is 11.2. The molecule has 12 heteroatoms. The summed E-state index contributed by atoms with van der Waals surface area (Å²) in [5.41, 5.74) is 5.31. The van der Waals surface area contributed by atoms with E-state index in [1.54, 1.807) is 0 Å². The van der Waals surface area contributed by atoms with Gasteiger partial charge >= 0.3 is 88.7 Å². The van der Waals surface area contributed by atoms with E-state index in [1.165, 1.54) is 51.4 Å². The Hall–Kier alpha value is 0.840. The van der Waals surface area contributed by atoms with Gasteiger partial charge in [-0.15, -0.1) is 0 Å². The molecular formula is C20H39N2Na3O7. The average Bonchev–Trinajstić information content (AvgIpc) is 2.57. The number of carboxylic acid groups (broad SMARTS) is 3. The Morgan fingerprint density at radius 2 is 0.938 bits per heavy atom. The average molecular weight is 489 g/mol. The minimum Gasteiger partial charge on any atom is -0.550 e. The molecule has 0 saturated heterocycles. The zero-order chi connectivity index (χ0) is 23.5. The summed E-state index contributed by atoms with van der Waals surface area (Å²) in [5.74, 6) is -3.10. The van der Waals surface area contributed by atoms with Crippen LogP contribution in [0.25, 0.3) is 0 Å². The Labute approximate surface area is 260 Å². The SMILES string of the molecule is CC(=O)[O-].CC(=O)[O-].CC(=O)[O-].CCCCCCCCCCCC(=O)NCCN.[Na+].[Na+].[Na+]. The van der Waals surface area contributed by atoms with Crippen molar-refractivity contribution >= 4 is 23.8 Å². The number of hydrogen-bond donors (Lipinski definition) is 2. The van der Waals surface area contributed by atoms with Gasteiger partial charge in [-0.2, -0.15) is 0 Å². The summed E-state index contributed by atoms with van der Waals surface area (Å²) in [6.07, 6.45) is 12.3. The van der Waals surface area contributed by atoms with Crippen LogP contribution in [0.1, 0.15) is 91.9 Å². The van der Waals surface area contributed by atoms with Crippen molar-refractivity contribution < 1.29 is 123 Å². The number of aliphatic carboxylic acids is 3. The van der Waals surface area contributed by atoms with Crippen molar-refractivity contribution in [1.29, 1.82) is 0 Å². The Morgan fingerprint density at radius 3 is 1.22 bits per heavy atom. The normalized spacial score (nSPS) is 7.91. The second-order valence-electron chi connectivity index (χ2n) is 6.19. The standard InChI is InChI=1S/C14H30N2O.3C2H4O2.3Na/c1-2-3-4-5-6-7-8-9-10-11-14(17)16-13-12-15;3*1-2(3)4;;;/h2-13,15H2,1H3,(H,16,17);3*1H3,(H,3,4);;;/q;;;;3*+1/p-3. The van der Waals surface area contributed by atoms with Crippen LogP contribution < -0.4 is 115 Å². The number of rotatable bonds is 12. The van der Waals surface area contributed by atoms with Gasteiger partial charge in [0.15, 0.2) is 0 Å². The molecule has 1 amide bonds. The number of nitrogens with two attached hydrogens (primary N) is 1. The van der Waals surface area contributed by atoms with Crippen LogP contribution in [0.2, 0.25) is 0 Å². The molecule has 0 saturated carbocycles. The van der Waals surface area contributed by atoms with Gasteiger partial charge in [-0.3, -0.25) is 4.79 Å². The molecule has 0 unspecified atom stereocenters. The van der Waals surface area contributed by atoms with Crippen LogP contribution in [0.4, 0.5) is 0 Å². The Bertz CT molecular complexity index is 376. The van der Waals surface area contributed by atoms with E-state index >= 15 is 0 Å². The van der Waals surface area contributed by atoms with Crippen molar-refractivity contribution in [2.24, 2.45) is 5.73 Å². The summed E-state index contributed by atoms with van der Waals surface area (Å²) in [7, 11) is 0. The zero-order valence-electron chi connectivity index (χ0n) is 21.4. The molecule has 0 aromatic heterocycles. The second kappa shape index (κ2) is 45.4.